The SMILES string of the molecule is CCOC(=O)C1=C(CN(C)C(C)c2ccc(S(C)(=O)=O)cc2)NC(=O)NC1c1ccccc1. The molecule has 33 heavy (non-hydrogen) atoms. The summed E-state index contributed by atoms with van der Waals surface area (Å²) < 4.78 is 28.8. The molecule has 3 rings (SSSR count). The van der Waals surface area contributed by atoms with Crippen molar-refractivity contribution in [3.8, 4) is 0 Å². The summed E-state index contributed by atoms with van der Waals surface area (Å²) in [7, 11) is -1.40. The molecule has 2 unspecified atom stereocenters. The first-order valence-corrected chi connectivity index (χ1v) is 12.5. The molecule has 0 radical (unpaired) electrons. The van der Waals surface area contributed by atoms with E-state index in [0.29, 0.717) is 11.3 Å². The first-order chi connectivity index (χ1) is 15.6. The van der Waals surface area contributed by atoms with Gasteiger partial charge in [0.25, 0.3) is 0 Å². The molecule has 0 aliphatic carbocycles. The Balaban J connectivity index is 1.93. The van der Waals surface area contributed by atoms with Crippen LogP contribution in [0.3, 0.4) is 0 Å². The first-order valence-electron chi connectivity index (χ1n) is 10.6. The van der Waals surface area contributed by atoms with Gasteiger partial charge in [0, 0.05) is 24.5 Å². The molecule has 0 spiro atoms. The molecule has 1 heterocycles. The van der Waals surface area contributed by atoms with Crippen LogP contribution in [-0.4, -0.2) is 51.8 Å². The summed E-state index contributed by atoms with van der Waals surface area (Å²) in [4.78, 5) is 27.6. The van der Waals surface area contributed by atoms with E-state index in [1.165, 1.54) is 6.26 Å². The average Bonchev–Trinajstić information content (AvgIpc) is 2.78. The quantitative estimate of drug-likeness (QED) is 0.574. The molecular weight excluding hydrogens is 442 g/mol. The van der Waals surface area contributed by atoms with E-state index in [0.717, 1.165) is 11.1 Å². The number of carbonyl (C=O) groups excluding carboxylic acids is 2. The Bertz CT molecular complexity index is 1140. The van der Waals surface area contributed by atoms with E-state index >= 15 is 0 Å². The Kier molecular flexibility index (Phi) is 7.55. The Morgan fingerprint density at radius 1 is 1.12 bits per heavy atom. The molecule has 9 heteroatoms. The van der Waals surface area contributed by atoms with Crippen LogP contribution in [0.2, 0.25) is 0 Å². The molecule has 0 bridgehead atoms. The molecule has 176 valence electrons. The van der Waals surface area contributed by atoms with E-state index in [9.17, 15) is 18.0 Å². The van der Waals surface area contributed by atoms with Crippen molar-refractivity contribution in [3.05, 3.63) is 77.0 Å². The summed E-state index contributed by atoms with van der Waals surface area (Å²) in [5, 5.41) is 5.60. The number of nitrogens with one attached hydrogen (secondary N) is 2. The number of amides is 2. The molecular formula is C24H29N3O5S. The number of ether oxygens (including phenoxy) is 1. The maximum Gasteiger partial charge on any atom is 0.338 e. The van der Waals surface area contributed by atoms with Crippen LogP contribution in [0.5, 0.6) is 0 Å². The van der Waals surface area contributed by atoms with Crippen LogP contribution in [0.4, 0.5) is 4.79 Å². The van der Waals surface area contributed by atoms with Gasteiger partial charge >= 0.3 is 12.0 Å². The molecule has 2 aromatic rings. The molecule has 2 amide bonds. The van der Waals surface area contributed by atoms with Crippen molar-refractivity contribution in [2.75, 3.05) is 26.5 Å². The highest BCUT2D eigenvalue weighted by atomic mass is 32.2. The second-order valence-electron chi connectivity index (χ2n) is 7.99. The molecule has 0 aromatic heterocycles. The minimum atomic E-state index is -3.28. The van der Waals surface area contributed by atoms with Crippen molar-refractivity contribution >= 4 is 21.8 Å². The van der Waals surface area contributed by atoms with Gasteiger partial charge in [0.1, 0.15) is 0 Å². The lowest BCUT2D eigenvalue weighted by atomic mass is 9.94. The van der Waals surface area contributed by atoms with E-state index in [1.807, 2.05) is 49.2 Å². The van der Waals surface area contributed by atoms with Gasteiger partial charge in [-0.25, -0.2) is 18.0 Å². The van der Waals surface area contributed by atoms with Crippen molar-refractivity contribution < 1.29 is 22.7 Å². The third-order valence-electron chi connectivity index (χ3n) is 5.64. The molecule has 0 saturated carbocycles. The zero-order chi connectivity index (χ0) is 24.2. The average molecular weight is 472 g/mol. The summed E-state index contributed by atoms with van der Waals surface area (Å²) >= 11 is 0. The molecule has 2 atom stereocenters. The van der Waals surface area contributed by atoms with Crippen molar-refractivity contribution in [3.63, 3.8) is 0 Å². The number of benzene rings is 2. The van der Waals surface area contributed by atoms with E-state index in [1.54, 1.807) is 31.2 Å². The molecule has 8 nitrogen and oxygen atoms in total. The standard InChI is InChI=1S/C24H29N3O5S/c1-5-32-23(28)21-20(25-24(29)26-22(21)18-9-7-6-8-10-18)15-27(3)16(2)17-11-13-19(14-12-17)33(4,30)31/h6-14,16,22H,5,15H2,1-4H3,(H2,25,26,29). The van der Waals surface area contributed by atoms with E-state index in [2.05, 4.69) is 10.6 Å². The van der Waals surface area contributed by atoms with Gasteiger partial charge in [-0.3, -0.25) is 4.90 Å². The van der Waals surface area contributed by atoms with Gasteiger partial charge in [-0.1, -0.05) is 42.5 Å². The fraction of sp³-hybridized carbons (Fsp3) is 0.333. The highest BCUT2D eigenvalue weighted by molar-refractivity contribution is 7.90. The second-order valence-corrected chi connectivity index (χ2v) is 10.0. The summed E-state index contributed by atoms with van der Waals surface area (Å²) in [6, 6.07) is 14.8. The number of rotatable bonds is 8. The Morgan fingerprint density at radius 2 is 1.76 bits per heavy atom. The Labute approximate surface area is 194 Å². The lowest BCUT2D eigenvalue weighted by Crippen LogP contribution is -2.48. The normalized spacial score (nSPS) is 17.4. The van der Waals surface area contributed by atoms with Gasteiger partial charge in [0.2, 0.25) is 0 Å². The van der Waals surface area contributed by atoms with E-state index in [4.69, 9.17) is 4.74 Å². The smallest absolute Gasteiger partial charge is 0.338 e. The summed E-state index contributed by atoms with van der Waals surface area (Å²) in [6.45, 7) is 4.19. The topological polar surface area (TPSA) is 105 Å². The van der Waals surface area contributed by atoms with Crippen molar-refractivity contribution in [1.29, 1.82) is 0 Å². The van der Waals surface area contributed by atoms with Gasteiger partial charge in [-0.05, 0) is 44.2 Å². The van der Waals surface area contributed by atoms with Gasteiger partial charge in [-0.2, -0.15) is 0 Å². The zero-order valence-corrected chi connectivity index (χ0v) is 20.0. The largest absolute Gasteiger partial charge is 0.463 e. The first kappa shape index (κ1) is 24.5. The van der Waals surface area contributed by atoms with Gasteiger partial charge < -0.3 is 15.4 Å². The van der Waals surface area contributed by atoms with Crippen LogP contribution in [0.25, 0.3) is 0 Å². The number of hydrogen-bond donors (Lipinski definition) is 2. The van der Waals surface area contributed by atoms with Gasteiger partial charge in [-0.15, -0.1) is 0 Å². The molecule has 1 aliphatic heterocycles. The van der Waals surface area contributed by atoms with Gasteiger partial charge in [0.05, 0.1) is 23.1 Å². The third-order valence-corrected chi connectivity index (χ3v) is 6.77. The number of hydrogen-bond acceptors (Lipinski definition) is 6. The predicted octanol–water partition coefficient (Wildman–Crippen LogP) is 2.95. The van der Waals surface area contributed by atoms with Crippen molar-refractivity contribution in [2.24, 2.45) is 0 Å². The number of nitrogens with zero attached hydrogens (tertiary/aromatic N) is 1. The van der Waals surface area contributed by atoms with E-state index < -0.39 is 27.9 Å². The van der Waals surface area contributed by atoms with E-state index in [-0.39, 0.29) is 24.1 Å². The van der Waals surface area contributed by atoms with Crippen LogP contribution in [0.1, 0.15) is 37.1 Å². The minimum absolute atomic E-state index is 0.114. The third kappa shape index (κ3) is 5.80. The zero-order valence-electron chi connectivity index (χ0n) is 19.2. The Hall–Kier alpha value is -3.17. The lowest BCUT2D eigenvalue weighted by Gasteiger charge is -2.33. The van der Waals surface area contributed by atoms with Crippen LogP contribution in [0, 0.1) is 0 Å². The maximum atomic E-state index is 12.9. The second kappa shape index (κ2) is 10.2. The summed E-state index contributed by atoms with van der Waals surface area (Å²) in [5.41, 5.74) is 2.50. The molecule has 0 fully saturated rings. The maximum absolute atomic E-state index is 12.9. The fourth-order valence-electron chi connectivity index (χ4n) is 3.72. The monoisotopic (exact) mass is 471 g/mol. The van der Waals surface area contributed by atoms with Crippen LogP contribution in [-0.2, 0) is 19.4 Å². The number of urea groups is 1. The fourth-order valence-corrected chi connectivity index (χ4v) is 4.35. The molecule has 0 saturated heterocycles. The minimum Gasteiger partial charge on any atom is -0.463 e. The highest BCUT2D eigenvalue weighted by Gasteiger charge is 2.34. The van der Waals surface area contributed by atoms with Crippen molar-refractivity contribution in [1.82, 2.24) is 15.5 Å². The summed E-state index contributed by atoms with van der Waals surface area (Å²) in [6.07, 6.45) is 1.17. The van der Waals surface area contributed by atoms with Crippen LogP contribution >= 0.6 is 0 Å². The van der Waals surface area contributed by atoms with Crippen molar-refractivity contribution in [2.45, 2.75) is 30.8 Å². The number of likely N-dealkylation sites (N-methyl/N-ethyl adjacent to an activating group) is 1. The molecule has 1 aliphatic rings. The number of esters is 1. The van der Waals surface area contributed by atoms with Gasteiger partial charge in [0.15, 0.2) is 9.84 Å². The molecule has 2 N–H and O–H groups in total. The predicted molar refractivity (Wildman–Crippen MR) is 125 cm³/mol. The van der Waals surface area contributed by atoms with Crippen LogP contribution in [0.15, 0.2) is 70.8 Å². The number of carbonyl (C=O) groups is 2. The highest BCUT2D eigenvalue weighted by Crippen LogP contribution is 2.29. The molecule has 2 aromatic carbocycles. The Morgan fingerprint density at radius 3 is 2.33 bits per heavy atom. The lowest BCUT2D eigenvalue weighted by molar-refractivity contribution is -0.139. The summed E-state index contributed by atoms with van der Waals surface area (Å²) in [5.74, 6) is -0.493. The number of sulfone groups is 1. The van der Waals surface area contributed by atoms with Crippen LogP contribution < -0.4 is 10.6 Å².